The minimum absolute atomic E-state index is 0.245. The monoisotopic (exact) mass is 414 g/mol. The van der Waals surface area contributed by atoms with Crippen LogP contribution in [0.1, 0.15) is 26.3 Å². The van der Waals surface area contributed by atoms with Gasteiger partial charge in [-0.2, -0.15) is 0 Å². The molecule has 2 amide bonds. The highest BCUT2D eigenvalue weighted by Gasteiger charge is 2.18. The molecule has 28 heavy (non-hydrogen) atoms. The number of halogens is 2. The van der Waals surface area contributed by atoms with Gasteiger partial charge in [0.25, 0.3) is 11.8 Å². The summed E-state index contributed by atoms with van der Waals surface area (Å²) >= 11 is 12.1. The van der Waals surface area contributed by atoms with Gasteiger partial charge in [-0.3, -0.25) is 19.6 Å². The van der Waals surface area contributed by atoms with E-state index in [1.165, 1.54) is 29.7 Å². The Hall–Kier alpha value is -2.96. The number of rotatable bonds is 5. The lowest BCUT2D eigenvalue weighted by molar-refractivity contribution is 0.0785. The van der Waals surface area contributed by atoms with Crippen molar-refractivity contribution >= 4 is 40.7 Å². The maximum Gasteiger partial charge on any atom is 0.257 e. The first-order chi connectivity index (χ1) is 13.5. The first-order valence-corrected chi connectivity index (χ1v) is 9.06. The molecule has 0 aliphatic heterocycles. The van der Waals surface area contributed by atoms with Gasteiger partial charge in [-0.15, -0.1) is 0 Å². The summed E-state index contributed by atoms with van der Waals surface area (Å²) in [5.41, 5.74) is 2.03. The zero-order valence-corrected chi connectivity index (χ0v) is 16.4. The van der Waals surface area contributed by atoms with Gasteiger partial charge in [0.2, 0.25) is 0 Å². The van der Waals surface area contributed by atoms with Crippen LogP contribution in [0, 0.1) is 0 Å². The normalized spacial score (nSPS) is 10.4. The highest BCUT2D eigenvalue weighted by Crippen LogP contribution is 2.22. The van der Waals surface area contributed by atoms with Gasteiger partial charge in [0.15, 0.2) is 0 Å². The Balaban J connectivity index is 1.79. The average molecular weight is 415 g/mol. The zero-order chi connectivity index (χ0) is 20.1. The molecule has 0 saturated heterocycles. The van der Waals surface area contributed by atoms with Crippen molar-refractivity contribution in [2.75, 3.05) is 12.4 Å². The summed E-state index contributed by atoms with van der Waals surface area (Å²) in [6, 6.07) is 10.3. The van der Waals surface area contributed by atoms with Crippen molar-refractivity contribution in [1.82, 2.24) is 14.9 Å². The lowest BCUT2D eigenvalue weighted by Crippen LogP contribution is -2.27. The topological polar surface area (TPSA) is 75.2 Å². The highest BCUT2D eigenvalue weighted by molar-refractivity contribution is 6.34. The number of carbonyl (C=O) groups is 2. The number of hydrogen-bond acceptors (Lipinski definition) is 4. The fraction of sp³-hybridized carbons (Fsp3) is 0.100. The second kappa shape index (κ2) is 8.82. The molecular weight excluding hydrogens is 399 g/mol. The molecule has 0 aliphatic rings. The number of nitrogens with one attached hydrogen (secondary N) is 1. The molecule has 142 valence electrons. The standard InChI is InChI=1S/C20H16Cl2N4O2/c1-26(20(28)15-7-9-24-11-17(15)22)12-13-4-2-3-5-18(13)25-19(27)14-6-8-23-10-16(14)21/h2-11H,12H2,1H3,(H,25,27). The van der Waals surface area contributed by atoms with Crippen molar-refractivity contribution in [2.24, 2.45) is 0 Å². The van der Waals surface area contributed by atoms with Gasteiger partial charge in [-0.1, -0.05) is 41.4 Å². The largest absolute Gasteiger partial charge is 0.337 e. The molecule has 6 nitrogen and oxygen atoms in total. The molecule has 2 aromatic heterocycles. The van der Waals surface area contributed by atoms with E-state index in [1.54, 1.807) is 31.3 Å². The molecule has 3 aromatic rings. The minimum atomic E-state index is -0.356. The number of aromatic nitrogens is 2. The van der Waals surface area contributed by atoms with Crippen molar-refractivity contribution in [3.8, 4) is 0 Å². The fourth-order valence-corrected chi connectivity index (χ4v) is 3.02. The first-order valence-electron chi connectivity index (χ1n) is 8.31. The van der Waals surface area contributed by atoms with Crippen molar-refractivity contribution in [3.63, 3.8) is 0 Å². The van der Waals surface area contributed by atoms with Crippen LogP contribution in [-0.2, 0) is 6.54 Å². The average Bonchev–Trinajstić information content (AvgIpc) is 2.69. The summed E-state index contributed by atoms with van der Waals surface area (Å²) in [6.45, 7) is 0.276. The van der Waals surface area contributed by atoms with Crippen LogP contribution in [0.5, 0.6) is 0 Å². The Bertz CT molecular complexity index is 1030. The number of benzene rings is 1. The first kappa shape index (κ1) is 19.8. The second-order valence-electron chi connectivity index (χ2n) is 5.98. The lowest BCUT2D eigenvalue weighted by Gasteiger charge is -2.20. The van der Waals surface area contributed by atoms with Crippen LogP contribution in [0.25, 0.3) is 0 Å². The zero-order valence-electron chi connectivity index (χ0n) is 14.9. The van der Waals surface area contributed by atoms with E-state index in [4.69, 9.17) is 23.2 Å². The van der Waals surface area contributed by atoms with Crippen molar-refractivity contribution in [1.29, 1.82) is 0 Å². The summed E-state index contributed by atoms with van der Waals surface area (Å²) in [7, 11) is 1.66. The molecule has 0 radical (unpaired) electrons. The van der Waals surface area contributed by atoms with Crippen LogP contribution in [0.2, 0.25) is 10.0 Å². The van der Waals surface area contributed by atoms with Crippen LogP contribution in [-0.4, -0.2) is 33.7 Å². The van der Waals surface area contributed by atoms with E-state index in [2.05, 4.69) is 15.3 Å². The van der Waals surface area contributed by atoms with Crippen LogP contribution >= 0.6 is 23.2 Å². The Kier molecular flexibility index (Phi) is 6.23. The third-order valence-electron chi connectivity index (χ3n) is 4.04. The predicted molar refractivity (Wildman–Crippen MR) is 109 cm³/mol. The second-order valence-corrected chi connectivity index (χ2v) is 6.80. The van der Waals surface area contributed by atoms with Crippen LogP contribution in [0.4, 0.5) is 5.69 Å². The number of amides is 2. The van der Waals surface area contributed by atoms with Gasteiger partial charge < -0.3 is 10.2 Å². The Labute approximate surface area is 172 Å². The van der Waals surface area contributed by atoms with Crippen molar-refractivity contribution in [3.05, 3.63) is 87.9 Å². The predicted octanol–water partition coefficient (Wildman–Crippen LogP) is 4.31. The van der Waals surface area contributed by atoms with E-state index < -0.39 is 0 Å². The van der Waals surface area contributed by atoms with Gasteiger partial charge in [0.1, 0.15) is 0 Å². The number of anilines is 1. The van der Waals surface area contributed by atoms with Gasteiger partial charge >= 0.3 is 0 Å². The molecule has 1 aromatic carbocycles. The van der Waals surface area contributed by atoms with E-state index in [0.717, 1.165) is 5.56 Å². The Morgan fingerprint density at radius 3 is 2.21 bits per heavy atom. The third kappa shape index (κ3) is 4.47. The summed E-state index contributed by atoms with van der Waals surface area (Å²) in [5, 5.41) is 3.38. The summed E-state index contributed by atoms with van der Waals surface area (Å²) in [6.07, 6.45) is 5.85. The Morgan fingerprint density at radius 2 is 1.57 bits per heavy atom. The summed E-state index contributed by atoms with van der Waals surface area (Å²) < 4.78 is 0. The number of hydrogen-bond donors (Lipinski definition) is 1. The number of carbonyl (C=O) groups excluding carboxylic acids is 2. The third-order valence-corrected chi connectivity index (χ3v) is 4.64. The lowest BCUT2D eigenvalue weighted by atomic mass is 10.1. The molecule has 1 N–H and O–H groups in total. The van der Waals surface area contributed by atoms with E-state index in [1.807, 2.05) is 12.1 Å². The maximum absolute atomic E-state index is 12.7. The SMILES string of the molecule is CN(Cc1ccccc1NC(=O)c1ccncc1Cl)C(=O)c1ccncc1Cl. The van der Waals surface area contributed by atoms with E-state index >= 15 is 0 Å². The molecular formula is C20H16Cl2N4O2. The van der Waals surface area contributed by atoms with Gasteiger partial charge in [-0.05, 0) is 23.8 Å². The maximum atomic E-state index is 12.7. The van der Waals surface area contributed by atoms with Gasteiger partial charge in [-0.25, -0.2) is 0 Å². The van der Waals surface area contributed by atoms with E-state index in [-0.39, 0.29) is 28.4 Å². The van der Waals surface area contributed by atoms with E-state index in [0.29, 0.717) is 16.8 Å². The molecule has 3 rings (SSSR count). The molecule has 2 heterocycles. The minimum Gasteiger partial charge on any atom is -0.337 e. The molecule has 0 spiro atoms. The molecule has 0 saturated carbocycles. The molecule has 0 fully saturated rings. The summed E-state index contributed by atoms with van der Waals surface area (Å²) in [5.74, 6) is -0.600. The van der Waals surface area contributed by atoms with Crippen LogP contribution in [0.3, 0.4) is 0 Å². The summed E-state index contributed by atoms with van der Waals surface area (Å²) in [4.78, 5) is 34.5. The number of nitrogens with zero attached hydrogens (tertiary/aromatic N) is 3. The molecule has 8 heteroatoms. The van der Waals surface area contributed by atoms with Crippen molar-refractivity contribution in [2.45, 2.75) is 6.54 Å². The van der Waals surface area contributed by atoms with Crippen LogP contribution in [0.15, 0.2) is 61.2 Å². The molecule has 0 atom stereocenters. The fourth-order valence-electron chi connectivity index (χ4n) is 2.61. The Morgan fingerprint density at radius 1 is 0.964 bits per heavy atom. The van der Waals surface area contributed by atoms with Gasteiger partial charge in [0.05, 0.1) is 21.2 Å². The van der Waals surface area contributed by atoms with Crippen molar-refractivity contribution < 1.29 is 9.59 Å². The van der Waals surface area contributed by atoms with Crippen LogP contribution < -0.4 is 5.32 Å². The van der Waals surface area contributed by atoms with E-state index in [9.17, 15) is 9.59 Å². The molecule has 0 unspecified atom stereocenters. The molecule has 0 bridgehead atoms. The smallest absolute Gasteiger partial charge is 0.257 e. The number of para-hydroxylation sites is 1. The number of pyridine rings is 2. The molecule has 0 aliphatic carbocycles. The quantitative estimate of drug-likeness (QED) is 0.674. The van der Waals surface area contributed by atoms with Gasteiger partial charge in [0, 0.05) is 44.1 Å². The highest BCUT2D eigenvalue weighted by atomic mass is 35.5.